The maximum Gasteiger partial charge on any atom is 0.317 e. The second kappa shape index (κ2) is 7.93. The van der Waals surface area contributed by atoms with Gasteiger partial charge in [0.05, 0.1) is 19.1 Å². The molecule has 0 aromatic carbocycles. The molecule has 0 unspecified atom stereocenters. The van der Waals surface area contributed by atoms with Crippen molar-refractivity contribution in [3.63, 3.8) is 0 Å². The average Bonchev–Trinajstić information content (AvgIpc) is 3.00. The highest BCUT2D eigenvalue weighted by atomic mass is 32.1. The van der Waals surface area contributed by atoms with Crippen LogP contribution < -0.4 is 0 Å². The topological polar surface area (TPSA) is 60.9 Å². The van der Waals surface area contributed by atoms with Crippen molar-refractivity contribution in [2.45, 2.75) is 52.1 Å². The van der Waals surface area contributed by atoms with Gasteiger partial charge >= 0.3 is 5.97 Å². The Morgan fingerprint density at radius 1 is 1.43 bits per heavy atom. The third-order valence-electron chi connectivity index (χ3n) is 4.69. The summed E-state index contributed by atoms with van der Waals surface area (Å²) in [7, 11) is 0. The van der Waals surface area contributed by atoms with Crippen molar-refractivity contribution in [2.75, 3.05) is 19.6 Å². The van der Waals surface area contributed by atoms with Gasteiger partial charge in [0.1, 0.15) is 0 Å². The minimum atomic E-state index is -0.885. The van der Waals surface area contributed by atoms with E-state index in [4.69, 9.17) is 5.11 Å². The van der Waals surface area contributed by atoms with E-state index in [-0.39, 0.29) is 31.1 Å². The first-order chi connectivity index (χ1) is 11.0. The Bertz CT molecular complexity index is 558. The van der Waals surface area contributed by atoms with Crippen molar-refractivity contribution in [1.29, 1.82) is 0 Å². The molecule has 1 aliphatic rings. The summed E-state index contributed by atoms with van der Waals surface area (Å²) in [5, 5.41) is 11.2. The first-order valence-corrected chi connectivity index (χ1v) is 9.17. The number of carboxylic acids is 1. The Morgan fingerprint density at radius 3 is 2.78 bits per heavy atom. The number of thiophene rings is 1. The van der Waals surface area contributed by atoms with Crippen LogP contribution in [0.15, 0.2) is 11.4 Å². The van der Waals surface area contributed by atoms with Gasteiger partial charge in [0.15, 0.2) is 0 Å². The number of hydrogen-bond donors (Lipinski definition) is 1. The Hall–Kier alpha value is -1.40. The van der Waals surface area contributed by atoms with E-state index in [9.17, 15) is 9.59 Å². The summed E-state index contributed by atoms with van der Waals surface area (Å²) in [6, 6.07) is 2.33. The summed E-state index contributed by atoms with van der Waals surface area (Å²) in [5.74, 6) is -0.848. The smallest absolute Gasteiger partial charge is 0.317 e. The number of amides is 1. The third-order valence-corrected chi connectivity index (χ3v) is 5.69. The molecule has 0 saturated heterocycles. The van der Waals surface area contributed by atoms with E-state index >= 15 is 0 Å². The van der Waals surface area contributed by atoms with E-state index in [1.54, 1.807) is 16.2 Å². The molecule has 0 bridgehead atoms. The molecule has 23 heavy (non-hydrogen) atoms. The van der Waals surface area contributed by atoms with Crippen LogP contribution in [0, 0.1) is 0 Å². The quantitative estimate of drug-likeness (QED) is 0.830. The fourth-order valence-electron chi connectivity index (χ4n) is 3.20. The molecule has 2 heterocycles. The molecule has 5 nitrogen and oxygen atoms in total. The zero-order chi connectivity index (χ0) is 17.0. The monoisotopic (exact) mass is 338 g/mol. The summed E-state index contributed by atoms with van der Waals surface area (Å²) in [4.78, 5) is 29.0. The van der Waals surface area contributed by atoms with Crippen LogP contribution in [0.5, 0.6) is 0 Å². The van der Waals surface area contributed by atoms with Gasteiger partial charge in [0, 0.05) is 17.5 Å². The van der Waals surface area contributed by atoms with Gasteiger partial charge in [-0.3, -0.25) is 14.5 Å². The summed E-state index contributed by atoms with van der Waals surface area (Å²) >= 11 is 1.76. The number of aliphatic carboxylic acids is 1. The van der Waals surface area contributed by atoms with Gasteiger partial charge in [-0.25, -0.2) is 0 Å². The van der Waals surface area contributed by atoms with Crippen molar-refractivity contribution in [3.05, 3.63) is 21.9 Å². The van der Waals surface area contributed by atoms with Crippen molar-refractivity contribution < 1.29 is 14.7 Å². The average molecular weight is 338 g/mol. The summed E-state index contributed by atoms with van der Waals surface area (Å²) in [6.07, 6.45) is 2.61. The highest BCUT2D eigenvalue weighted by molar-refractivity contribution is 7.10. The lowest BCUT2D eigenvalue weighted by atomic mass is 9.97. The lowest BCUT2D eigenvalue weighted by Crippen LogP contribution is -2.48. The number of carbonyl (C=O) groups is 2. The zero-order valence-electron chi connectivity index (χ0n) is 14.1. The number of carbonyl (C=O) groups excluding carboxylic acids is 1. The standard InChI is InChI=1S/C17H26N2O3S/c1-4-12(3)18(11-17(21)22)10-16(20)19-8-6-15-13(7-9-23-15)14(19)5-2/h7,9,12,14H,4-6,8,10-11H2,1-3H3,(H,21,22)/t12-,14-/m1/s1. The highest BCUT2D eigenvalue weighted by Gasteiger charge is 2.31. The van der Waals surface area contributed by atoms with E-state index in [1.807, 2.05) is 18.7 Å². The fraction of sp³-hybridized carbons (Fsp3) is 0.647. The molecule has 1 aliphatic heterocycles. The minimum Gasteiger partial charge on any atom is -0.480 e. The Morgan fingerprint density at radius 2 is 2.17 bits per heavy atom. The maximum atomic E-state index is 12.8. The molecule has 1 aromatic heterocycles. The molecule has 128 valence electrons. The van der Waals surface area contributed by atoms with Crippen molar-refractivity contribution in [3.8, 4) is 0 Å². The molecule has 0 fully saturated rings. The maximum absolute atomic E-state index is 12.8. The van der Waals surface area contributed by atoms with Gasteiger partial charge in [-0.05, 0) is 43.2 Å². The summed E-state index contributed by atoms with van der Waals surface area (Å²) < 4.78 is 0. The SMILES string of the molecule is CC[C@@H](C)N(CC(=O)O)CC(=O)N1CCc2sccc2[C@H]1CC. The van der Waals surface area contributed by atoms with Crippen LogP contribution in [-0.4, -0.2) is 52.5 Å². The lowest BCUT2D eigenvalue weighted by Gasteiger charge is -2.37. The van der Waals surface area contributed by atoms with Crippen LogP contribution in [0.3, 0.4) is 0 Å². The minimum absolute atomic E-state index is 0.0373. The molecular formula is C17H26N2O3S. The van der Waals surface area contributed by atoms with Gasteiger partial charge in [-0.2, -0.15) is 0 Å². The van der Waals surface area contributed by atoms with E-state index in [2.05, 4.69) is 18.4 Å². The van der Waals surface area contributed by atoms with Crippen molar-refractivity contribution in [2.24, 2.45) is 0 Å². The van der Waals surface area contributed by atoms with Crippen LogP contribution in [0.2, 0.25) is 0 Å². The number of carboxylic acid groups (broad SMARTS) is 1. The second-order valence-corrected chi connectivity index (χ2v) is 7.12. The van der Waals surface area contributed by atoms with E-state index in [1.165, 1.54) is 10.4 Å². The number of fused-ring (bicyclic) bond motifs is 1. The van der Waals surface area contributed by atoms with Crippen LogP contribution in [0.1, 0.15) is 50.1 Å². The van der Waals surface area contributed by atoms with Crippen LogP contribution in [0.25, 0.3) is 0 Å². The largest absolute Gasteiger partial charge is 0.480 e. The predicted octanol–water partition coefficient (Wildman–Crippen LogP) is 2.77. The molecule has 0 radical (unpaired) electrons. The number of nitrogens with zero attached hydrogens (tertiary/aromatic N) is 2. The van der Waals surface area contributed by atoms with Crippen molar-refractivity contribution in [1.82, 2.24) is 9.80 Å². The van der Waals surface area contributed by atoms with E-state index in [0.717, 1.165) is 25.8 Å². The molecule has 2 rings (SSSR count). The molecule has 2 atom stereocenters. The van der Waals surface area contributed by atoms with Gasteiger partial charge in [0.25, 0.3) is 0 Å². The molecule has 1 amide bonds. The number of rotatable bonds is 7. The lowest BCUT2D eigenvalue weighted by molar-refractivity contribution is -0.141. The predicted molar refractivity (Wildman–Crippen MR) is 91.7 cm³/mol. The van der Waals surface area contributed by atoms with Gasteiger partial charge in [-0.15, -0.1) is 11.3 Å². The molecule has 0 saturated carbocycles. The van der Waals surface area contributed by atoms with Gasteiger partial charge in [0.2, 0.25) is 5.91 Å². The fourth-order valence-corrected chi connectivity index (χ4v) is 4.13. The van der Waals surface area contributed by atoms with E-state index in [0.29, 0.717) is 0 Å². The third kappa shape index (κ3) is 4.12. The first-order valence-electron chi connectivity index (χ1n) is 8.29. The molecule has 6 heteroatoms. The molecule has 0 spiro atoms. The van der Waals surface area contributed by atoms with E-state index < -0.39 is 5.97 Å². The molecule has 1 aromatic rings. The molecule has 1 N–H and O–H groups in total. The van der Waals surface area contributed by atoms with Gasteiger partial charge < -0.3 is 10.0 Å². The van der Waals surface area contributed by atoms with Crippen LogP contribution >= 0.6 is 11.3 Å². The first kappa shape index (κ1) is 17.9. The summed E-state index contributed by atoms with van der Waals surface area (Å²) in [5.41, 5.74) is 1.27. The summed E-state index contributed by atoms with van der Waals surface area (Å²) in [6.45, 7) is 6.90. The zero-order valence-corrected chi connectivity index (χ0v) is 14.9. The Kier molecular flexibility index (Phi) is 6.18. The highest BCUT2D eigenvalue weighted by Crippen LogP contribution is 2.35. The molecular weight excluding hydrogens is 312 g/mol. The van der Waals surface area contributed by atoms with Crippen LogP contribution in [-0.2, 0) is 16.0 Å². The normalized spacial score (nSPS) is 18.8. The second-order valence-electron chi connectivity index (χ2n) is 6.12. The van der Waals surface area contributed by atoms with Crippen molar-refractivity contribution >= 4 is 23.2 Å². The van der Waals surface area contributed by atoms with Crippen LogP contribution in [0.4, 0.5) is 0 Å². The van der Waals surface area contributed by atoms with Gasteiger partial charge in [-0.1, -0.05) is 13.8 Å². The Balaban J connectivity index is 2.11. The Labute approximate surface area is 141 Å². The number of hydrogen-bond acceptors (Lipinski definition) is 4. The molecule has 0 aliphatic carbocycles.